The van der Waals surface area contributed by atoms with E-state index in [1.54, 1.807) is 6.07 Å². The molecule has 0 atom stereocenters. The Morgan fingerprint density at radius 1 is 1.38 bits per heavy atom. The number of halogens is 1. The summed E-state index contributed by atoms with van der Waals surface area (Å²) >= 11 is 5.95. The molecule has 0 unspecified atom stereocenters. The fourth-order valence-electron chi connectivity index (χ4n) is 1.54. The smallest absolute Gasteiger partial charge is 0.0569 e. The Hall–Kier alpha value is -1.48. The van der Waals surface area contributed by atoms with Crippen LogP contribution in [0.25, 0.3) is 11.1 Å². The molecular formula is C12H14ClN3. The summed E-state index contributed by atoms with van der Waals surface area (Å²) in [5.41, 5.74) is 8.55. The molecule has 1 heterocycles. The van der Waals surface area contributed by atoms with Gasteiger partial charge in [-0.2, -0.15) is 5.10 Å². The van der Waals surface area contributed by atoms with Crippen molar-refractivity contribution >= 4 is 17.3 Å². The van der Waals surface area contributed by atoms with Gasteiger partial charge in [0, 0.05) is 34.1 Å². The first-order valence-electron chi connectivity index (χ1n) is 5.17. The van der Waals surface area contributed by atoms with Crippen LogP contribution in [-0.2, 0) is 0 Å². The molecule has 2 rings (SSSR count). The number of hydrogen-bond acceptors (Lipinski definition) is 2. The highest BCUT2D eigenvalue weighted by molar-refractivity contribution is 6.31. The highest BCUT2D eigenvalue weighted by Gasteiger charge is 2.07. The summed E-state index contributed by atoms with van der Waals surface area (Å²) in [6.07, 6.45) is 3.79. The Bertz CT molecular complexity index is 503. The first kappa shape index (κ1) is 11.0. The third kappa shape index (κ3) is 2.04. The predicted molar refractivity (Wildman–Crippen MR) is 67.5 cm³/mol. The van der Waals surface area contributed by atoms with Gasteiger partial charge in [0.05, 0.1) is 6.20 Å². The largest absolute Gasteiger partial charge is 0.398 e. The van der Waals surface area contributed by atoms with Crippen LogP contribution in [0.15, 0.2) is 30.6 Å². The van der Waals surface area contributed by atoms with Crippen molar-refractivity contribution in [2.75, 3.05) is 5.73 Å². The van der Waals surface area contributed by atoms with Gasteiger partial charge in [0.2, 0.25) is 0 Å². The minimum absolute atomic E-state index is 0.342. The van der Waals surface area contributed by atoms with Crippen molar-refractivity contribution in [1.29, 1.82) is 0 Å². The molecule has 0 aliphatic carbocycles. The molecule has 0 aliphatic heterocycles. The summed E-state index contributed by atoms with van der Waals surface area (Å²) in [4.78, 5) is 0. The van der Waals surface area contributed by atoms with Crippen LogP contribution < -0.4 is 5.73 Å². The number of nitrogens with two attached hydrogens (primary N) is 1. The monoisotopic (exact) mass is 235 g/mol. The lowest BCUT2D eigenvalue weighted by Gasteiger charge is -2.05. The number of rotatable bonds is 2. The van der Waals surface area contributed by atoms with Crippen LogP contribution in [0.4, 0.5) is 5.69 Å². The molecule has 3 nitrogen and oxygen atoms in total. The minimum Gasteiger partial charge on any atom is -0.398 e. The zero-order valence-corrected chi connectivity index (χ0v) is 10.1. The molecule has 2 N–H and O–H groups in total. The SMILES string of the molecule is CC(C)n1cc(-c2cc(Cl)ccc2N)cn1. The normalized spacial score (nSPS) is 11.0. The molecule has 4 heteroatoms. The zero-order valence-electron chi connectivity index (χ0n) is 9.31. The first-order valence-corrected chi connectivity index (χ1v) is 5.55. The third-order valence-corrected chi connectivity index (χ3v) is 2.69. The van der Waals surface area contributed by atoms with Crippen LogP contribution in [-0.4, -0.2) is 9.78 Å². The van der Waals surface area contributed by atoms with Crippen LogP contribution in [0.1, 0.15) is 19.9 Å². The van der Waals surface area contributed by atoms with E-state index in [4.69, 9.17) is 17.3 Å². The average Bonchev–Trinajstić information content (AvgIpc) is 2.70. The van der Waals surface area contributed by atoms with E-state index in [1.807, 2.05) is 29.2 Å². The van der Waals surface area contributed by atoms with E-state index >= 15 is 0 Å². The second-order valence-corrected chi connectivity index (χ2v) is 4.47. The summed E-state index contributed by atoms with van der Waals surface area (Å²) in [7, 11) is 0. The van der Waals surface area contributed by atoms with Crippen molar-refractivity contribution < 1.29 is 0 Å². The van der Waals surface area contributed by atoms with Crippen molar-refractivity contribution in [3.05, 3.63) is 35.6 Å². The number of nitrogen functional groups attached to an aromatic ring is 1. The second-order valence-electron chi connectivity index (χ2n) is 4.03. The summed E-state index contributed by atoms with van der Waals surface area (Å²) in [5, 5.41) is 4.96. The van der Waals surface area contributed by atoms with Gasteiger partial charge in [0.1, 0.15) is 0 Å². The van der Waals surface area contributed by atoms with Crippen molar-refractivity contribution in [3.8, 4) is 11.1 Å². The van der Waals surface area contributed by atoms with E-state index in [-0.39, 0.29) is 0 Å². The molecule has 0 fully saturated rings. The van der Waals surface area contributed by atoms with Gasteiger partial charge in [-0.3, -0.25) is 4.68 Å². The molecule has 1 aromatic heterocycles. The average molecular weight is 236 g/mol. The molecule has 0 aliphatic rings. The van der Waals surface area contributed by atoms with Gasteiger partial charge in [-0.05, 0) is 32.0 Å². The molecule has 0 radical (unpaired) electrons. The molecular weight excluding hydrogens is 222 g/mol. The molecule has 0 saturated heterocycles. The number of aromatic nitrogens is 2. The molecule has 0 amide bonds. The Labute approximate surface area is 99.8 Å². The lowest BCUT2D eigenvalue weighted by atomic mass is 10.1. The van der Waals surface area contributed by atoms with Gasteiger partial charge in [0.15, 0.2) is 0 Å². The molecule has 2 aromatic rings. The fourth-order valence-corrected chi connectivity index (χ4v) is 1.71. The summed E-state index contributed by atoms with van der Waals surface area (Å²) in [5.74, 6) is 0. The van der Waals surface area contributed by atoms with Gasteiger partial charge < -0.3 is 5.73 Å². The van der Waals surface area contributed by atoms with Crippen molar-refractivity contribution in [2.45, 2.75) is 19.9 Å². The maximum atomic E-state index is 5.95. The van der Waals surface area contributed by atoms with Crippen LogP contribution >= 0.6 is 11.6 Å². The highest BCUT2D eigenvalue weighted by Crippen LogP contribution is 2.28. The summed E-state index contributed by atoms with van der Waals surface area (Å²) in [6.45, 7) is 4.16. The Morgan fingerprint density at radius 3 is 2.75 bits per heavy atom. The van der Waals surface area contributed by atoms with Crippen molar-refractivity contribution in [2.24, 2.45) is 0 Å². The third-order valence-electron chi connectivity index (χ3n) is 2.46. The molecule has 16 heavy (non-hydrogen) atoms. The number of nitrogens with zero attached hydrogens (tertiary/aromatic N) is 2. The molecule has 0 saturated carbocycles. The molecule has 0 bridgehead atoms. The number of anilines is 1. The summed E-state index contributed by atoms with van der Waals surface area (Å²) < 4.78 is 1.90. The maximum absolute atomic E-state index is 5.95. The van der Waals surface area contributed by atoms with E-state index in [9.17, 15) is 0 Å². The first-order chi connectivity index (χ1) is 7.58. The predicted octanol–water partition coefficient (Wildman–Crippen LogP) is 3.37. The lowest BCUT2D eigenvalue weighted by Crippen LogP contribution is -1.99. The maximum Gasteiger partial charge on any atom is 0.0569 e. The van der Waals surface area contributed by atoms with Gasteiger partial charge in [-0.25, -0.2) is 0 Å². The number of benzene rings is 1. The van der Waals surface area contributed by atoms with E-state index in [0.717, 1.165) is 11.1 Å². The van der Waals surface area contributed by atoms with E-state index in [1.165, 1.54) is 0 Å². The number of hydrogen-bond donors (Lipinski definition) is 1. The van der Waals surface area contributed by atoms with Crippen molar-refractivity contribution in [1.82, 2.24) is 9.78 Å². The molecule has 0 spiro atoms. The van der Waals surface area contributed by atoms with E-state index in [2.05, 4.69) is 18.9 Å². The van der Waals surface area contributed by atoms with Crippen LogP contribution in [0.5, 0.6) is 0 Å². The van der Waals surface area contributed by atoms with E-state index < -0.39 is 0 Å². The Kier molecular flexibility index (Phi) is 2.88. The Morgan fingerprint density at radius 2 is 2.12 bits per heavy atom. The zero-order chi connectivity index (χ0) is 11.7. The highest BCUT2D eigenvalue weighted by atomic mass is 35.5. The fraction of sp³-hybridized carbons (Fsp3) is 0.250. The van der Waals surface area contributed by atoms with Crippen molar-refractivity contribution in [3.63, 3.8) is 0 Å². The van der Waals surface area contributed by atoms with Gasteiger partial charge in [-0.1, -0.05) is 11.6 Å². The van der Waals surface area contributed by atoms with Gasteiger partial charge >= 0.3 is 0 Å². The van der Waals surface area contributed by atoms with Crippen LogP contribution in [0.3, 0.4) is 0 Å². The van der Waals surface area contributed by atoms with E-state index in [0.29, 0.717) is 16.8 Å². The molecule has 1 aromatic carbocycles. The minimum atomic E-state index is 0.342. The standard InChI is InChI=1S/C12H14ClN3/c1-8(2)16-7-9(6-15-16)11-5-10(13)3-4-12(11)14/h3-8H,14H2,1-2H3. The quantitative estimate of drug-likeness (QED) is 0.812. The van der Waals surface area contributed by atoms with Gasteiger partial charge in [0.25, 0.3) is 0 Å². The molecule has 84 valence electrons. The topological polar surface area (TPSA) is 43.8 Å². The second kappa shape index (κ2) is 4.18. The Balaban J connectivity index is 2.46. The summed E-state index contributed by atoms with van der Waals surface area (Å²) in [6, 6.07) is 5.80. The van der Waals surface area contributed by atoms with Crippen LogP contribution in [0.2, 0.25) is 5.02 Å². The van der Waals surface area contributed by atoms with Crippen LogP contribution in [0, 0.1) is 0 Å². The van der Waals surface area contributed by atoms with Gasteiger partial charge in [-0.15, -0.1) is 0 Å². The lowest BCUT2D eigenvalue weighted by molar-refractivity contribution is 0.532.